The van der Waals surface area contributed by atoms with E-state index >= 15 is 0 Å². The molecule has 2 aromatic heterocycles. The SMILES string of the molecule is COCC(=O)Nc1cccc(CNc2nc(C)nc3scc(CC(C)C)c23)c1. The van der Waals surface area contributed by atoms with Crippen LogP contribution in [0.3, 0.4) is 0 Å². The summed E-state index contributed by atoms with van der Waals surface area (Å²) in [7, 11) is 1.50. The lowest BCUT2D eigenvalue weighted by molar-refractivity contribution is -0.119. The molecular formula is C21H26N4O2S. The molecule has 0 bridgehead atoms. The third kappa shape index (κ3) is 5.05. The molecule has 1 aromatic carbocycles. The zero-order valence-electron chi connectivity index (χ0n) is 16.7. The third-order valence-corrected chi connectivity index (χ3v) is 5.12. The van der Waals surface area contributed by atoms with E-state index in [4.69, 9.17) is 4.74 Å². The first-order valence-electron chi connectivity index (χ1n) is 9.32. The molecule has 2 heterocycles. The first-order valence-corrected chi connectivity index (χ1v) is 10.2. The van der Waals surface area contributed by atoms with E-state index in [1.54, 1.807) is 11.3 Å². The molecule has 28 heavy (non-hydrogen) atoms. The number of ether oxygens (including phenoxy) is 1. The van der Waals surface area contributed by atoms with Gasteiger partial charge in [0.05, 0.1) is 5.39 Å². The van der Waals surface area contributed by atoms with Crippen molar-refractivity contribution in [2.45, 2.75) is 33.7 Å². The Morgan fingerprint density at radius 2 is 2.11 bits per heavy atom. The van der Waals surface area contributed by atoms with Gasteiger partial charge in [0.15, 0.2) is 0 Å². The summed E-state index contributed by atoms with van der Waals surface area (Å²) in [5.74, 6) is 2.03. The van der Waals surface area contributed by atoms with Crippen LogP contribution in [0.4, 0.5) is 11.5 Å². The van der Waals surface area contributed by atoms with Gasteiger partial charge in [0, 0.05) is 19.3 Å². The van der Waals surface area contributed by atoms with Crippen molar-refractivity contribution in [3.05, 3.63) is 46.6 Å². The van der Waals surface area contributed by atoms with Gasteiger partial charge in [-0.05, 0) is 47.9 Å². The van der Waals surface area contributed by atoms with Crippen LogP contribution in [0.25, 0.3) is 10.2 Å². The number of benzene rings is 1. The molecule has 0 aliphatic heterocycles. The van der Waals surface area contributed by atoms with Gasteiger partial charge in [-0.15, -0.1) is 11.3 Å². The van der Waals surface area contributed by atoms with Crippen LogP contribution in [0.15, 0.2) is 29.6 Å². The predicted octanol–water partition coefficient (Wildman–Crippen LogP) is 4.40. The Balaban J connectivity index is 1.80. The zero-order chi connectivity index (χ0) is 20.1. The third-order valence-electron chi connectivity index (χ3n) is 4.20. The van der Waals surface area contributed by atoms with Crippen molar-refractivity contribution in [3.8, 4) is 0 Å². The number of aromatic nitrogens is 2. The minimum Gasteiger partial charge on any atom is -0.375 e. The summed E-state index contributed by atoms with van der Waals surface area (Å²) in [5.41, 5.74) is 3.10. The second-order valence-corrected chi connectivity index (χ2v) is 8.05. The quantitative estimate of drug-likeness (QED) is 0.588. The number of hydrogen-bond acceptors (Lipinski definition) is 6. The van der Waals surface area contributed by atoms with E-state index in [0.717, 1.165) is 39.5 Å². The van der Waals surface area contributed by atoms with E-state index in [-0.39, 0.29) is 12.5 Å². The molecule has 0 saturated heterocycles. The largest absolute Gasteiger partial charge is 0.375 e. The number of aryl methyl sites for hydroxylation is 1. The standard InChI is InChI=1S/C21H26N4O2S/c1-13(2)8-16-12-28-21-19(16)20(23-14(3)24-21)22-10-15-6-5-7-17(9-15)25-18(26)11-27-4/h5-7,9,12-13H,8,10-11H2,1-4H3,(H,25,26)(H,22,23,24). The van der Waals surface area contributed by atoms with Crippen LogP contribution < -0.4 is 10.6 Å². The molecule has 3 rings (SSSR count). The highest BCUT2D eigenvalue weighted by molar-refractivity contribution is 7.17. The molecule has 3 aromatic rings. The highest BCUT2D eigenvalue weighted by atomic mass is 32.1. The van der Waals surface area contributed by atoms with Gasteiger partial charge in [-0.25, -0.2) is 9.97 Å². The summed E-state index contributed by atoms with van der Waals surface area (Å²) in [4.78, 5) is 22.0. The number of carbonyl (C=O) groups is 1. The first-order chi connectivity index (χ1) is 13.5. The number of nitrogens with one attached hydrogen (secondary N) is 2. The van der Waals surface area contributed by atoms with Crippen molar-refractivity contribution < 1.29 is 9.53 Å². The van der Waals surface area contributed by atoms with Crippen molar-refractivity contribution >= 4 is 39.0 Å². The number of fused-ring (bicyclic) bond motifs is 1. The van der Waals surface area contributed by atoms with Gasteiger partial charge in [0.25, 0.3) is 0 Å². The highest BCUT2D eigenvalue weighted by Gasteiger charge is 2.14. The van der Waals surface area contributed by atoms with Gasteiger partial charge in [0.1, 0.15) is 23.1 Å². The fraction of sp³-hybridized carbons (Fsp3) is 0.381. The van der Waals surface area contributed by atoms with E-state index in [2.05, 4.69) is 39.8 Å². The van der Waals surface area contributed by atoms with E-state index in [1.807, 2.05) is 31.2 Å². The number of rotatable bonds is 8. The van der Waals surface area contributed by atoms with E-state index in [9.17, 15) is 4.79 Å². The van der Waals surface area contributed by atoms with Gasteiger partial charge in [-0.2, -0.15) is 0 Å². The molecule has 0 unspecified atom stereocenters. The van der Waals surface area contributed by atoms with Gasteiger partial charge in [0.2, 0.25) is 5.91 Å². The Kier molecular flexibility index (Phi) is 6.59. The molecule has 0 atom stereocenters. The van der Waals surface area contributed by atoms with Crippen molar-refractivity contribution in [3.63, 3.8) is 0 Å². The number of carbonyl (C=O) groups excluding carboxylic acids is 1. The molecule has 0 saturated carbocycles. The Morgan fingerprint density at radius 1 is 1.29 bits per heavy atom. The lowest BCUT2D eigenvalue weighted by Gasteiger charge is -2.12. The maximum Gasteiger partial charge on any atom is 0.250 e. The van der Waals surface area contributed by atoms with E-state index in [1.165, 1.54) is 12.7 Å². The molecule has 7 heteroatoms. The molecule has 6 nitrogen and oxygen atoms in total. The molecule has 0 spiro atoms. The molecule has 2 N–H and O–H groups in total. The van der Waals surface area contributed by atoms with Crippen LogP contribution in [0.5, 0.6) is 0 Å². The van der Waals surface area contributed by atoms with Crippen LogP contribution in [0.1, 0.15) is 30.8 Å². The topological polar surface area (TPSA) is 76.1 Å². The lowest BCUT2D eigenvalue weighted by atomic mass is 10.0. The average molecular weight is 399 g/mol. The Hall–Kier alpha value is -2.51. The van der Waals surface area contributed by atoms with Crippen LogP contribution >= 0.6 is 11.3 Å². The number of nitrogens with zero attached hydrogens (tertiary/aromatic N) is 2. The lowest BCUT2D eigenvalue weighted by Crippen LogP contribution is -2.17. The average Bonchev–Trinajstić information content (AvgIpc) is 3.02. The van der Waals surface area contributed by atoms with Gasteiger partial charge >= 0.3 is 0 Å². The van der Waals surface area contributed by atoms with Crippen molar-refractivity contribution in [2.24, 2.45) is 5.92 Å². The summed E-state index contributed by atoms with van der Waals surface area (Å²) >= 11 is 1.67. The van der Waals surface area contributed by atoms with Crippen LogP contribution in [-0.4, -0.2) is 29.6 Å². The second-order valence-electron chi connectivity index (χ2n) is 7.19. The fourth-order valence-corrected chi connectivity index (χ4v) is 4.10. The highest BCUT2D eigenvalue weighted by Crippen LogP contribution is 2.32. The maximum atomic E-state index is 11.7. The Labute approximate surface area is 169 Å². The molecule has 0 radical (unpaired) electrons. The minimum absolute atomic E-state index is 0.0391. The molecule has 148 valence electrons. The molecule has 0 aliphatic carbocycles. The summed E-state index contributed by atoms with van der Waals surface area (Å²) in [6, 6.07) is 7.76. The monoisotopic (exact) mass is 398 g/mol. The van der Waals surface area contributed by atoms with Crippen LogP contribution in [0, 0.1) is 12.8 Å². The van der Waals surface area contributed by atoms with Crippen molar-refractivity contribution in [1.82, 2.24) is 9.97 Å². The van der Waals surface area contributed by atoms with E-state index in [0.29, 0.717) is 12.5 Å². The number of thiophene rings is 1. The van der Waals surface area contributed by atoms with Gasteiger partial charge in [-0.1, -0.05) is 26.0 Å². The summed E-state index contributed by atoms with van der Waals surface area (Å²) in [5, 5.41) is 9.61. The summed E-state index contributed by atoms with van der Waals surface area (Å²) in [6.45, 7) is 7.00. The zero-order valence-corrected chi connectivity index (χ0v) is 17.5. The number of anilines is 2. The second kappa shape index (κ2) is 9.12. The summed E-state index contributed by atoms with van der Waals surface area (Å²) < 4.78 is 4.86. The van der Waals surface area contributed by atoms with Crippen LogP contribution in [-0.2, 0) is 22.5 Å². The minimum atomic E-state index is -0.169. The Bertz CT molecular complexity index is 968. The molecular weight excluding hydrogens is 372 g/mol. The number of amides is 1. The summed E-state index contributed by atoms with van der Waals surface area (Å²) in [6.07, 6.45) is 1.00. The first kappa shape index (κ1) is 20.2. The molecule has 0 fully saturated rings. The van der Waals surface area contributed by atoms with Gasteiger partial charge in [-0.3, -0.25) is 4.79 Å². The smallest absolute Gasteiger partial charge is 0.250 e. The number of hydrogen-bond donors (Lipinski definition) is 2. The fourth-order valence-electron chi connectivity index (χ4n) is 3.10. The molecule has 1 amide bonds. The van der Waals surface area contributed by atoms with Gasteiger partial charge < -0.3 is 15.4 Å². The van der Waals surface area contributed by atoms with Crippen molar-refractivity contribution in [1.29, 1.82) is 0 Å². The Morgan fingerprint density at radius 3 is 2.86 bits per heavy atom. The van der Waals surface area contributed by atoms with Crippen molar-refractivity contribution in [2.75, 3.05) is 24.4 Å². The predicted molar refractivity (Wildman–Crippen MR) is 115 cm³/mol. The normalized spacial score (nSPS) is 11.2. The van der Waals surface area contributed by atoms with Crippen LogP contribution in [0.2, 0.25) is 0 Å². The maximum absolute atomic E-state index is 11.7. The molecule has 0 aliphatic rings. The number of methoxy groups -OCH3 is 1. The van der Waals surface area contributed by atoms with E-state index < -0.39 is 0 Å².